The molecule has 1 N–H and O–H groups in total. The highest BCUT2D eigenvalue weighted by atomic mass is 16.5. The van der Waals surface area contributed by atoms with Crippen LogP contribution in [0.1, 0.15) is 16.8 Å². The van der Waals surface area contributed by atoms with Crippen molar-refractivity contribution < 1.29 is 24.1 Å². The minimum absolute atomic E-state index is 0.0368. The number of benzene rings is 2. The molecule has 1 heterocycles. The maximum Gasteiger partial charge on any atom is 0.339 e. The molecule has 2 aromatic carbocycles. The lowest BCUT2D eigenvalue weighted by atomic mass is 10.1. The molecule has 29 heavy (non-hydrogen) atoms. The summed E-state index contributed by atoms with van der Waals surface area (Å²) in [6, 6.07) is 16.0. The number of methoxy groups -OCH3 is 1. The zero-order valence-corrected chi connectivity index (χ0v) is 16.2. The summed E-state index contributed by atoms with van der Waals surface area (Å²) in [5, 5.41) is 9.48. The number of ether oxygens (including phenoxy) is 3. The fourth-order valence-electron chi connectivity index (χ4n) is 2.62. The average Bonchev–Trinajstić information content (AvgIpc) is 2.68. The maximum atomic E-state index is 11.6. The number of nitrogens with zero attached hydrogens (tertiary/aromatic N) is 2. The van der Waals surface area contributed by atoms with E-state index in [1.54, 1.807) is 37.3 Å². The molecule has 0 saturated heterocycles. The van der Waals surface area contributed by atoms with Gasteiger partial charge in [-0.05, 0) is 31.5 Å². The van der Waals surface area contributed by atoms with Crippen LogP contribution in [0.15, 0.2) is 60.9 Å². The number of hydrogen-bond acceptors (Lipinski definition) is 6. The van der Waals surface area contributed by atoms with E-state index < -0.39 is 5.97 Å². The van der Waals surface area contributed by atoms with Crippen LogP contribution in [-0.2, 0) is 9.53 Å². The van der Waals surface area contributed by atoms with Crippen LogP contribution in [0.25, 0.3) is 5.57 Å². The van der Waals surface area contributed by atoms with Gasteiger partial charge in [0.15, 0.2) is 0 Å². The minimum Gasteiger partial charge on any atom is -0.503 e. The Morgan fingerprint density at radius 3 is 2.34 bits per heavy atom. The van der Waals surface area contributed by atoms with Crippen molar-refractivity contribution in [1.82, 2.24) is 9.97 Å². The predicted molar refractivity (Wildman–Crippen MR) is 107 cm³/mol. The van der Waals surface area contributed by atoms with Crippen LogP contribution in [0.5, 0.6) is 23.4 Å². The molecule has 0 aliphatic rings. The number of carbonyl (C=O) groups is 1. The third-order valence-corrected chi connectivity index (χ3v) is 3.96. The van der Waals surface area contributed by atoms with Crippen molar-refractivity contribution in [3.05, 3.63) is 77.7 Å². The number of carboxylic acids is 1. The highest BCUT2D eigenvalue weighted by molar-refractivity contribution is 6.15. The Balaban J connectivity index is 1.94. The Hall–Kier alpha value is -3.87. The summed E-state index contributed by atoms with van der Waals surface area (Å²) in [5.74, 6) is 0.0554. The predicted octanol–water partition coefficient (Wildman–Crippen LogP) is 4.75. The quantitative estimate of drug-likeness (QED) is 0.458. The maximum absolute atomic E-state index is 11.6. The molecule has 0 spiro atoms. The molecular weight excluding hydrogens is 372 g/mol. The first-order valence-corrected chi connectivity index (χ1v) is 8.80. The zero-order chi connectivity index (χ0) is 20.8. The van der Waals surface area contributed by atoms with Crippen molar-refractivity contribution >= 4 is 11.5 Å². The lowest BCUT2D eigenvalue weighted by molar-refractivity contribution is -0.130. The molecule has 0 fully saturated rings. The van der Waals surface area contributed by atoms with Gasteiger partial charge in [0.2, 0.25) is 5.88 Å². The van der Waals surface area contributed by atoms with Crippen LogP contribution in [0, 0.1) is 13.8 Å². The van der Waals surface area contributed by atoms with Crippen molar-refractivity contribution in [3.8, 4) is 23.4 Å². The van der Waals surface area contributed by atoms with Gasteiger partial charge in [-0.15, -0.1) is 0 Å². The molecule has 3 rings (SSSR count). The molecule has 0 aliphatic carbocycles. The van der Waals surface area contributed by atoms with Crippen LogP contribution >= 0.6 is 0 Å². The summed E-state index contributed by atoms with van der Waals surface area (Å²) in [6.07, 6.45) is 1.16. The fourth-order valence-corrected chi connectivity index (χ4v) is 2.62. The SMILES string of the molecule is CO/C=C(/C(=O)O)c1ccccc1Oc1cc(C)nc(Oc2ccccc2C)n1. The molecular formula is C22H20N2O5. The number of aliphatic carboxylic acids is 1. The second kappa shape index (κ2) is 8.88. The minimum atomic E-state index is -1.13. The summed E-state index contributed by atoms with van der Waals surface area (Å²) in [6.45, 7) is 3.72. The first-order chi connectivity index (χ1) is 14.0. The van der Waals surface area contributed by atoms with Gasteiger partial charge < -0.3 is 19.3 Å². The van der Waals surface area contributed by atoms with Gasteiger partial charge in [0.25, 0.3) is 0 Å². The Morgan fingerprint density at radius 1 is 0.966 bits per heavy atom. The molecule has 0 saturated carbocycles. The second-order valence-electron chi connectivity index (χ2n) is 6.17. The number of para-hydroxylation sites is 2. The average molecular weight is 392 g/mol. The highest BCUT2D eigenvalue weighted by Crippen LogP contribution is 2.31. The number of hydrogen-bond donors (Lipinski definition) is 1. The molecule has 0 unspecified atom stereocenters. The number of aromatic nitrogens is 2. The standard InChI is InChI=1S/C22H20N2O5/c1-14-8-4-6-10-18(14)29-22-23-15(2)12-20(24-22)28-19-11-7-5-9-16(19)17(13-27-3)21(25)26/h4-13H,1-3H3,(H,25,26)/b17-13+. The molecule has 0 radical (unpaired) electrons. The van der Waals surface area contributed by atoms with E-state index >= 15 is 0 Å². The van der Waals surface area contributed by atoms with E-state index in [1.807, 2.05) is 31.2 Å². The van der Waals surface area contributed by atoms with Gasteiger partial charge in [-0.3, -0.25) is 0 Å². The van der Waals surface area contributed by atoms with Gasteiger partial charge in [-0.2, -0.15) is 9.97 Å². The van der Waals surface area contributed by atoms with Gasteiger partial charge in [-0.1, -0.05) is 36.4 Å². The first kappa shape index (κ1) is 19.9. The zero-order valence-electron chi connectivity index (χ0n) is 16.2. The molecule has 1 aromatic heterocycles. The molecule has 148 valence electrons. The summed E-state index contributed by atoms with van der Waals surface area (Å²) in [5.41, 5.74) is 1.91. The van der Waals surface area contributed by atoms with Crippen molar-refractivity contribution in [2.24, 2.45) is 0 Å². The van der Waals surface area contributed by atoms with E-state index in [-0.39, 0.29) is 17.5 Å². The topological polar surface area (TPSA) is 90.8 Å². The van der Waals surface area contributed by atoms with Gasteiger partial charge >= 0.3 is 12.0 Å². The highest BCUT2D eigenvalue weighted by Gasteiger charge is 2.17. The molecule has 7 heteroatoms. The summed E-state index contributed by atoms with van der Waals surface area (Å²) < 4.78 is 16.6. The van der Waals surface area contributed by atoms with Crippen molar-refractivity contribution in [3.63, 3.8) is 0 Å². The molecule has 0 bridgehead atoms. The number of aryl methyl sites for hydroxylation is 2. The lowest BCUT2D eigenvalue weighted by Crippen LogP contribution is -2.03. The summed E-state index contributed by atoms with van der Waals surface area (Å²) in [7, 11) is 1.38. The normalized spacial score (nSPS) is 11.1. The van der Waals surface area contributed by atoms with E-state index in [0.29, 0.717) is 22.8 Å². The Labute approximate surface area is 168 Å². The Morgan fingerprint density at radius 2 is 1.66 bits per heavy atom. The largest absolute Gasteiger partial charge is 0.503 e. The van der Waals surface area contributed by atoms with E-state index in [0.717, 1.165) is 11.8 Å². The van der Waals surface area contributed by atoms with E-state index in [2.05, 4.69) is 9.97 Å². The van der Waals surface area contributed by atoms with Crippen LogP contribution in [0.2, 0.25) is 0 Å². The second-order valence-corrected chi connectivity index (χ2v) is 6.17. The fraction of sp³-hybridized carbons (Fsp3) is 0.136. The molecule has 7 nitrogen and oxygen atoms in total. The molecule has 3 aromatic rings. The molecule has 0 amide bonds. The van der Waals surface area contributed by atoms with Crippen LogP contribution in [-0.4, -0.2) is 28.2 Å². The van der Waals surface area contributed by atoms with E-state index in [1.165, 1.54) is 7.11 Å². The monoisotopic (exact) mass is 392 g/mol. The Kier molecular flexibility index (Phi) is 6.09. The third-order valence-electron chi connectivity index (χ3n) is 3.96. The van der Waals surface area contributed by atoms with Gasteiger partial charge in [-0.25, -0.2) is 4.79 Å². The number of rotatable bonds is 7. The molecule has 0 aliphatic heterocycles. The van der Waals surface area contributed by atoms with Gasteiger partial charge in [0.1, 0.15) is 17.1 Å². The van der Waals surface area contributed by atoms with Crippen molar-refractivity contribution in [2.45, 2.75) is 13.8 Å². The van der Waals surface area contributed by atoms with Crippen molar-refractivity contribution in [1.29, 1.82) is 0 Å². The first-order valence-electron chi connectivity index (χ1n) is 8.80. The van der Waals surface area contributed by atoms with E-state index in [4.69, 9.17) is 14.2 Å². The summed E-state index contributed by atoms with van der Waals surface area (Å²) >= 11 is 0. The smallest absolute Gasteiger partial charge is 0.339 e. The lowest BCUT2D eigenvalue weighted by Gasteiger charge is -2.12. The van der Waals surface area contributed by atoms with Crippen molar-refractivity contribution in [2.75, 3.05) is 7.11 Å². The van der Waals surface area contributed by atoms with Crippen LogP contribution in [0.4, 0.5) is 0 Å². The van der Waals surface area contributed by atoms with E-state index in [9.17, 15) is 9.90 Å². The Bertz CT molecular complexity index is 1060. The van der Waals surface area contributed by atoms with Crippen LogP contribution in [0.3, 0.4) is 0 Å². The number of carboxylic acid groups (broad SMARTS) is 1. The molecule has 0 atom stereocenters. The summed E-state index contributed by atoms with van der Waals surface area (Å²) in [4.78, 5) is 20.2. The van der Waals surface area contributed by atoms with Gasteiger partial charge in [0.05, 0.1) is 13.4 Å². The third kappa shape index (κ3) is 4.90. The van der Waals surface area contributed by atoms with Gasteiger partial charge in [0, 0.05) is 17.3 Å². The van der Waals surface area contributed by atoms with Crippen LogP contribution < -0.4 is 9.47 Å².